The summed E-state index contributed by atoms with van der Waals surface area (Å²) in [6, 6.07) is 13.7. The number of rotatable bonds is 5. The maximum absolute atomic E-state index is 14.2. The first kappa shape index (κ1) is 19.6. The minimum Gasteiger partial charge on any atom is -0.325 e. The fourth-order valence-corrected chi connectivity index (χ4v) is 4.42. The molecular weight excluding hydrogens is 369 g/mol. The van der Waals surface area contributed by atoms with Crippen molar-refractivity contribution in [2.75, 3.05) is 10.6 Å². The molecule has 3 unspecified atom stereocenters. The molecule has 3 atom stereocenters. The van der Waals surface area contributed by atoms with Crippen LogP contribution in [0.4, 0.5) is 15.8 Å². The Labute approximate surface area is 170 Å². The van der Waals surface area contributed by atoms with Crippen molar-refractivity contribution in [3.63, 3.8) is 0 Å². The molecule has 2 aliphatic rings. The molecule has 0 bridgehead atoms. The van der Waals surface area contributed by atoms with Gasteiger partial charge in [-0.3, -0.25) is 9.59 Å². The highest BCUT2D eigenvalue weighted by atomic mass is 19.1. The van der Waals surface area contributed by atoms with Gasteiger partial charge in [-0.05, 0) is 48.9 Å². The molecule has 1 saturated carbocycles. The molecule has 1 heterocycles. The Balaban J connectivity index is 1.37. The van der Waals surface area contributed by atoms with Crippen LogP contribution in [0.15, 0.2) is 48.5 Å². The van der Waals surface area contributed by atoms with E-state index in [0.29, 0.717) is 17.6 Å². The second-order valence-corrected chi connectivity index (χ2v) is 8.00. The molecule has 2 fully saturated rings. The van der Waals surface area contributed by atoms with Crippen LogP contribution in [0.25, 0.3) is 0 Å². The van der Waals surface area contributed by atoms with Crippen LogP contribution in [0.3, 0.4) is 0 Å². The lowest BCUT2D eigenvalue weighted by Crippen LogP contribution is -2.39. The molecule has 4 rings (SSSR count). The summed E-state index contributed by atoms with van der Waals surface area (Å²) in [4.78, 5) is 24.9. The number of nitrogens with one attached hydrogen (secondary N) is 3. The van der Waals surface area contributed by atoms with Gasteiger partial charge in [0.25, 0.3) is 0 Å². The number of fused-ring (bicyclic) bond motifs is 1. The lowest BCUT2D eigenvalue weighted by atomic mass is 9.85. The second kappa shape index (κ2) is 8.74. The normalized spacial score (nSPS) is 23.3. The highest BCUT2D eigenvalue weighted by molar-refractivity contribution is 5.97. The van der Waals surface area contributed by atoms with Gasteiger partial charge in [0.2, 0.25) is 11.8 Å². The number of hydrogen-bond acceptors (Lipinski definition) is 3. The molecule has 5 nitrogen and oxygen atoms in total. The van der Waals surface area contributed by atoms with Gasteiger partial charge in [0.1, 0.15) is 5.82 Å². The lowest BCUT2D eigenvalue weighted by molar-refractivity contribution is -0.118. The molecule has 0 spiro atoms. The summed E-state index contributed by atoms with van der Waals surface area (Å²) < 4.78 is 14.2. The zero-order chi connectivity index (χ0) is 20.2. The van der Waals surface area contributed by atoms with Gasteiger partial charge in [-0.15, -0.1) is 0 Å². The first-order valence-electron chi connectivity index (χ1n) is 10.3. The van der Waals surface area contributed by atoms with Crippen LogP contribution in [-0.2, 0) is 16.0 Å². The highest BCUT2D eigenvalue weighted by Crippen LogP contribution is 2.33. The molecular formula is C23H26FN3O2. The maximum atomic E-state index is 14.2. The number of halogens is 1. The third-order valence-corrected chi connectivity index (χ3v) is 5.89. The Morgan fingerprint density at radius 1 is 1.03 bits per heavy atom. The van der Waals surface area contributed by atoms with Crippen LogP contribution < -0.4 is 16.0 Å². The SMILES string of the molecule is O=C(Cc1ccccc1)Nc1cc(NC(=O)C2CC3CCCCC3N2)ccc1F. The van der Waals surface area contributed by atoms with Gasteiger partial charge in [-0.1, -0.05) is 43.2 Å². The van der Waals surface area contributed by atoms with Crippen molar-refractivity contribution in [1.82, 2.24) is 5.32 Å². The molecule has 1 aliphatic carbocycles. The number of anilines is 2. The minimum atomic E-state index is -0.533. The smallest absolute Gasteiger partial charge is 0.241 e. The van der Waals surface area contributed by atoms with E-state index >= 15 is 0 Å². The summed E-state index contributed by atoms with van der Waals surface area (Å²) in [6.45, 7) is 0. The third kappa shape index (κ3) is 4.82. The lowest BCUT2D eigenvalue weighted by Gasteiger charge is -2.24. The number of hydrogen-bond donors (Lipinski definition) is 3. The molecule has 2 aromatic carbocycles. The summed E-state index contributed by atoms with van der Waals surface area (Å²) >= 11 is 0. The summed E-state index contributed by atoms with van der Waals surface area (Å²) in [7, 11) is 0. The summed E-state index contributed by atoms with van der Waals surface area (Å²) in [5.74, 6) is -0.373. The van der Waals surface area contributed by atoms with Crippen LogP contribution in [0.5, 0.6) is 0 Å². The first-order valence-corrected chi connectivity index (χ1v) is 10.3. The first-order chi connectivity index (χ1) is 14.1. The van der Waals surface area contributed by atoms with Crippen molar-refractivity contribution in [2.24, 2.45) is 5.92 Å². The molecule has 0 aromatic heterocycles. The van der Waals surface area contributed by atoms with Gasteiger partial charge in [0.15, 0.2) is 0 Å². The van der Waals surface area contributed by atoms with E-state index in [9.17, 15) is 14.0 Å². The number of carbonyl (C=O) groups is 2. The third-order valence-electron chi connectivity index (χ3n) is 5.89. The topological polar surface area (TPSA) is 70.2 Å². The van der Waals surface area contributed by atoms with Gasteiger partial charge in [0.05, 0.1) is 18.2 Å². The van der Waals surface area contributed by atoms with Gasteiger partial charge in [-0.25, -0.2) is 4.39 Å². The average Bonchev–Trinajstić information content (AvgIpc) is 3.16. The molecule has 1 aliphatic heterocycles. The predicted molar refractivity (Wildman–Crippen MR) is 111 cm³/mol. The number of carbonyl (C=O) groups excluding carboxylic acids is 2. The van der Waals surface area contributed by atoms with E-state index in [1.54, 1.807) is 0 Å². The molecule has 152 valence electrons. The Hall–Kier alpha value is -2.73. The number of benzene rings is 2. The second-order valence-electron chi connectivity index (χ2n) is 8.00. The van der Waals surface area contributed by atoms with E-state index in [1.165, 1.54) is 37.5 Å². The van der Waals surface area contributed by atoms with Crippen molar-refractivity contribution in [3.05, 3.63) is 59.9 Å². The fraction of sp³-hybridized carbons (Fsp3) is 0.391. The fourth-order valence-electron chi connectivity index (χ4n) is 4.42. The standard InChI is InChI=1S/C23H26FN3O2/c24-18-11-10-17(14-20(18)27-22(28)12-15-6-2-1-3-7-15)25-23(29)21-13-16-8-4-5-9-19(16)26-21/h1-3,6-7,10-11,14,16,19,21,26H,4-5,8-9,12-13H2,(H,25,29)(H,27,28). The quantitative estimate of drug-likeness (QED) is 0.720. The Morgan fingerprint density at radius 2 is 1.83 bits per heavy atom. The molecule has 6 heteroatoms. The van der Waals surface area contributed by atoms with E-state index in [1.807, 2.05) is 30.3 Å². The van der Waals surface area contributed by atoms with E-state index in [0.717, 1.165) is 18.4 Å². The van der Waals surface area contributed by atoms with E-state index in [2.05, 4.69) is 16.0 Å². The van der Waals surface area contributed by atoms with Crippen molar-refractivity contribution < 1.29 is 14.0 Å². The van der Waals surface area contributed by atoms with E-state index < -0.39 is 5.82 Å². The summed E-state index contributed by atoms with van der Waals surface area (Å²) in [6.07, 6.45) is 5.76. The summed E-state index contributed by atoms with van der Waals surface area (Å²) in [5, 5.41) is 8.91. The van der Waals surface area contributed by atoms with Crippen molar-refractivity contribution in [3.8, 4) is 0 Å². The molecule has 3 N–H and O–H groups in total. The van der Waals surface area contributed by atoms with Crippen LogP contribution in [0, 0.1) is 11.7 Å². The van der Waals surface area contributed by atoms with Crippen molar-refractivity contribution in [1.29, 1.82) is 0 Å². The molecule has 0 radical (unpaired) electrons. The Morgan fingerprint density at radius 3 is 2.62 bits per heavy atom. The monoisotopic (exact) mass is 395 g/mol. The van der Waals surface area contributed by atoms with Crippen LogP contribution in [-0.4, -0.2) is 23.9 Å². The summed E-state index contributed by atoms with van der Waals surface area (Å²) in [5.41, 5.74) is 1.39. The van der Waals surface area contributed by atoms with Crippen molar-refractivity contribution in [2.45, 2.75) is 50.6 Å². The molecule has 2 aromatic rings. The van der Waals surface area contributed by atoms with Crippen molar-refractivity contribution >= 4 is 23.2 Å². The van der Waals surface area contributed by atoms with E-state index in [4.69, 9.17) is 0 Å². The van der Waals surface area contributed by atoms with Gasteiger partial charge >= 0.3 is 0 Å². The van der Waals surface area contributed by atoms with Crippen LogP contribution >= 0.6 is 0 Å². The Kier molecular flexibility index (Phi) is 5.90. The largest absolute Gasteiger partial charge is 0.325 e. The molecule has 2 amide bonds. The minimum absolute atomic E-state index is 0.0665. The van der Waals surface area contributed by atoms with Gasteiger partial charge in [-0.2, -0.15) is 0 Å². The van der Waals surface area contributed by atoms with Gasteiger partial charge < -0.3 is 16.0 Å². The zero-order valence-corrected chi connectivity index (χ0v) is 16.3. The van der Waals surface area contributed by atoms with Crippen LogP contribution in [0.1, 0.15) is 37.7 Å². The van der Waals surface area contributed by atoms with Gasteiger partial charge in [0, 0.05) is 11.7 Å². The van der Waals surface area contributed by atoms with E-state index in [-0.39, 0.29) is 30.0 Å². The molecule has 1 saturated heterocycles. The Bertz CT molecular complexity index is 873. The highest BCUT2D eigenvalue weighted by Gasteiger charge is 2.38. The van der Waals surface area contributed by atoms with Crippen LogP contribution in [0.2, 0.25) is 0 Å². The zero-order valence-electron chi connectivity index (χ0n) is 16.3. The number of amides is 2. The average molecular weight is 395 g/mol. The molecule has 29 heavy (non-hydrogen) atoms. The maximum Gasteiger partial charge on any atom is 0.241 e. The predicted octanol–water partition coefficient (Wildman–Crippen LogP) is 3.87.